The predicted octanol–water partition coefficient (Wildman–Crippen LogP) is 0.911. The van der Waals surface area contributed by atoms with E-state index in [0.29, 0.717) is 12.5 Å². The van der Waals surface area contributed by atoms with Gasteiger partial charge in [0, 0.05) is 18.5 Å². The number of hydrogen-bond acceptors (Lipinski definition) is 3. The van der Waals surface area contributed by atoms with E-state index in [0.717, 1.165) is 25.8 Å². The van der Waals surface area contributed by atoms with Gasteiger partial charge in [-0.05, 0) is 18.8 Å². The first-order valence-electron chi connectivity index (χ1n) is 5.97. The molecule has 88 valence electrons. The van der Waals surface area contributed by atoms with Crippen LogP contribution in [-0.4, -0.2) is 35.6 Å². The SMILES string of the molecule is N#CCC(=O)N1C[C@@H]2CCCC[C@]2(CO)C1. The van der Waals surface area contributed by atoms with E-state index in [9.17, 15) is 9.90 Å². The molecular weight excluding hydrogens is 204 g/mol. The minimum absolute atomic E-state index is 0.0335. The zero-order chi connectivity index (χ0) is 11.6. The molecule has 0 radical (unpaired) electrons. The third-order valence-corrected chi connectivity index (χ3v) is 4.19. The van der Waals surface area contributed by atoms with Crippen molar-refractivity contribution in [1.82, 2.24) is 4.90 Å². The molecule has 0 bridgehead atoms. The van der Waals surface area contributed by atoms with Crippen LogP contribution in [0.25, 0.3) is 0 Å². The summed E-state index contributed by atoms with van der Waals surface area (Å²) in [5.74, 6) is 0.360. The molecule has 1 aliphatic carbocycles. The first kappa shape index (κ1) is 11.4. The molecule has 1 N–H and O–H groups in total. The Morgan fingerprint density at radius 3 is 3.00 bits per heavy atom. The Morgan fingerprint density at radius 2 is 2.38 bits per heavy atom. The van der Waals surface area contributed by atoms with Crippen molar-refractivity contribution in [3.05, 3.63) is 0 Å². The van der Waals surface area contributed by atoms with E-state index in [1.807, 2.05) is 6.07 Å². The first-order valence-corrected chi connectivity index (χ1v) is 5.97. The summed E-state index contributed by atoms with van der Waals surface area (Å²) >= 11 is 0. The molecule has 0 aromatic rings. The van der Waals surface area contributed by atoms with Gasteiger partial charge in [-0.1, -0.05) is 12.8 Å². The number of rotatable bonds is 2. The Kier molecular flexibility index (Phi) is 3.15. The van der Waals surface area contributed by atoms with Crippen LogP contribution in [0.1, 0.15) is 32.1 Å². The van der Waals surface area contributed by atoms with Gasteiger partial charge in [0.15, 0.2) is 0 Å². The standard InChI is InChI=1S/C12H18N2O2/c13-6-4-11(16)14-7-10-3-1-2-5-12(10,8-14)9-15/h10,15H,1-5,7-9H2/t10-,12+/m0/s1. The molecule has 2 rings (SSSR count). The van der Waals surface area contributed by atoms with E-state index >= 15 is 0 Å². The normalized spacial score (nSPS) is 33.2. The monoisotopic (exact) mass is 222 g/mol. The van der Waals surface area contributed by atoms with Gasteiger partial charge in [0.25, 0.3) is 0 Å². The molecule has 16 heavy (non-hydrogen) atoms. The van der Waals surface area contributed by atoms with Crippen LogP contribution in [0.3, 0.4) is 0 Å². The summed E-state index contributed by atoms with van der Waals surface area (Å²) in [5.41, 5.74) is -0.0661. The van der Waals surface area contributed by atoms with Gasteiger partial charge in [-0.2, -0.15) is 5.26 Å². The summed E-state index contributed by atoms with van der Waals surface area (Å²) < 4.78 is 0. The van der Waals surface area contributed by atoms with Crippen molar-refractivity contribution in [2.24, 2.45) is 11.3 Å². The van der Waals surface area contributed by atoms with Crippen LogP contribution in [0.4, 0.5) is 0 Å². The number of nitriles is 1. The van der Waals surface area contributed by atoms with E-state index < -0.39 is 0 Å². The maximum atomic E-state index is 11.7. The van der Waals surface area contributed by atoms with Crippen LogP contribution in [0.15, 0.2) is 0 Å². The van der Waals surface area contributed by atoms with Crippen molar-refractivity contribution in [2.45, 2.75) is 32.1 Å². The van der Waals surface area contributed by atoms with Gasteiger partial charge in [-0.25, -0.2) is 0 Å². The maximum Gasteiger partial charge on any atom is 0.236 e. The minimum Gasteiger partial charge on any atom is -0.396 e. The zero-order valence-corrected chi connectivity index (χ0v) is 9.48. The van der Waals surface area contributed by atoms with Crippen LogP contribution < -0.4 is 0 Å². The third-order valence-electron chi connectivity index (χ3n) is 4.19. The first-order chi connectivity index (χ1) is 7.72. The largest absolute Gasteiger partial charge is 0.396 e. The van der Waals surface area contributed by atoms with Crippen LogP contribution in [0.2, 0.25) is 0 Å². The van der Waals surface area contributed by atoms with Gasteiger partial charge in [0.1, 0.15) is 6.42 Å². The van der Waals surface area contributed by atoms with Gasteiger partial charge in [0.05, 0.1) is 12.7 Å². The molecule has 2 aliphatic rings. The molecule has 2 fully saturated rings. The number of amides is 1. The Labute approximate surface area is 95.9 Å². The van der Waals surface area contributed by atoms with Crippen LogP contribution >= 0.6 is 0 Å². The van der Waals surface area contributed by atoms with Crippen molar-refractivity contribution in [1.29, 1.82) is 5.26 Å². The highest BCUT2D eigenvalue weighted by atomic mass is 16.3. The summed E-state index contributed by atoms with van der Waals surface area (Å²) in [6, 6.07) is 1.90. The Hall–Kier alpha value is -1.08. The summed E-state index contributed by atoms with van der Waals surface area (Å²) in [7, 11) is 0. The van der Waals surface area contributed by atoms with E-state index in [-0.39, 0.29) is 24.3 Å². The Bertz CT molecular complexity index is 323. The second-order valence-corrected chi connectivity index (χ2v) is 5.07. The smallest absolute Gasteiger partial charge is 0.236 e. The molecule has 0 unspecified atom stereocenters. The number of aliphatic hydroxyl groups is 1. The minimum atomic E-state index is -0.0790. The van der Waals surface area contributed by atoms with E-state index in [2.05, 4.69) is 0 Å². The molecule has 0 aromatic heterocycles. The lowest BCUT2D eigenvalue weighted by molar-refractivity contribution is -0.129. The van der Waals surface area contributed by atoms with Gasteiger partial charge in [-0.3, -0.25) is 4.79 Å². The third kappa shape index (κ3) is 1.80. The van der Waals surface area contributed by atoms with Crippen LogP contribution in [0, 0.1) is 22.7 Å². The fraction of sp³-hybridized carbons (Fsp3) is 0.833. The number of fused-ring (bicyclic) bond motifs is 1. The molecule has 1 aliphatic heterocycles. The Balaban J connectivity index is 2.08. The van der Waals surface area contributed by atoms with Gasteiger partial charge in [0.2, 0.25) is 5.91 Å². The predicted molar refractivity (Wildman–Crippen MR) is 58.3 cm³/mol. The lowest BCUT2D eigenvalue weighted by Gasteiger charge is -2.36. The van der Waals surface area contributed by atoms with Crippen molar-refractivity contribution < 1.29 is 9.90 Å². The fourth-order valence-corrected chi connectivity index (χ4v) is 3.21. The summed E-state index contributed by atoms with van der Waals surface area (Å²) in [5, 5.41) is 18.1. The van der Waals surface area contributed by atoms with Crippen LogP contribution in [0.5, 0.6) is 0 Å². The molecule has 1 heterocycles. The van der Waals surface area contributed by atoms with Crippen LogP contribution in [-0.2, 0) is 4.79 Å². The number of carbonyl (C=O) groups is 1. The molecule has 4 nitrogen and oxygen atoms in total. The fourth-order valence-electron chi connectivity index (χ4n) is 3.21. The molecule has 4 heteroatoms. The number of hydrogen-bond donors (Lipinski definition) is 1. The second-order valence-electron chi connectivity index (χ2n) is 5.07. The molecule has 0 aromatic carbocycles. The van der Waals surface area contributed by atoms with Gasteiger partial charge in [-0.15, -0.1) is 0 Å². The Morgan fingerprint density at radius 1 is 1.56 bits per heavy atom. The highest BCUT2D eigenvalue weighted by molar-refractivity contribution is 5.78. The average molecular weight is 222 g/mol. The molecule has 0 spiro atoms. The number of likely N-dealkylation sites (tertiary alicyclic amines) is 1. The quantitative estimate of drug-likeness (QED) is 0.755. The van der Waals surface area contributed by atoms with E-state index in [1.54, 1.807) is 4.90 Å². The summed E-state index contributed by atoms with van der Waals surface area (Å²) in [4.78, 5) is 13.4. The van der Waals surface area contributed by atoms with Gasteiger partial charge >= 0.3 is 0 Å². The maximum absolute atomic E-state index is 11.7. The van der Waals surface area contributed by atoms with Crippen molar-refractivity contribution in [3.63, 3.8) is 0 Å². The molecule has 2 atom stereocenters. The van der Waals surface area contributed by atoms with Crippen molar-refractivity contribution in [2.75, 3.05) is 19.7 Å². The number of aliphatic hydroxyl groups excluding tert-OH is 1. The van der Waals surface area contributed by atoms with Crippen molar-refractivity contribution in [3.8, 4) is 6.07 Å². The molecule has 1 amide bonds. The number of carbonyl (C=O) groups excluding carboxylic acids is 1. The highest BCUT2D eigenvalue weighted by Crippen LogP contribution is 2.46. The van der Waals surface area contributed by atoms with E-state index in [4.69, 9.17) is 5.26 Å². The molecular formula is C12H18N2O2. The lowest BCUT2D eigenvalue weighted by atomic mass is 9.69. The summed E-state index contributed by atoms with van der Waals surface area (Å²) in [6.07, 6.45) is 4.44. The second kappa shape index (κ2) is 4.42. The average Bonchev–Trinajstić information content (AvgIpc) is 2.69. The van der Waals surface area contributed by atoms with Crippen molar-refractivity contribution >= 4 is 5.91 Å². The summed E-state index contributed by atoms with van der Waals surface area (Å²) in [6.45, 7) is 1.56. The zero-order valence-electron chi connectivity index (χ0n) is 9.48. The molecule has 1 saturated carbocycles. The number of nitrogens with zero attached hydrogens (tertiary/aromatic N) is 2. The highest BCUT2D eigenvalue weighted by Gasteiger charge is 2.48. The topological polar surface area (TPSA) is 64.3 Å². The van der Waals surface area contributed by atoms with E-state index in [1.165, 1.54) is 6.42 Å². The van der Waals surface area contributed by atoms with Gasteiger partial charge < -0.3 is 10.0 Å². The lowest BCUT2D eigenvalue weighted by Crippen LogP contribution is -2.37. The molecule has 1 saturated heterocycles.